The van der Waals surface area contributed by atoms with Crippen molar-refractivity contribution < 1.29 is 0 Å². The number of hydrogen-bond donors (Lipinski definition) is 0. The topological polar surface area (TPSA) is 16.1 Å². The summed E-state index contributed by atoms with van der Waals surface area (Å²) in [5.41, 5.74) is 1.42. The molecule has 1 aliphatic heterocycles. The highest BCUT2D eigenvalue weighted by atomic mass is 32.2. The molecule has 0 atom stereocenters. The quantitative estimate of drug-likeness (QED) is 0.716. The van der Waals surface area contributed by atoms with Gasteiger partial charge in [-0.3, -0.25) is 0 Å². The van der Waals surface area contributed by atoms with E-state index in [0.29, 0.717) is 0 Å². The van der Waals surface area contributed by atoms with E-state index in [9.17, 15) is 0 Å². The van der Waals surface area contributed by atoms with Crippen LogP contribution in [0, 0.1) is 0 Å². The third-order valence-electron chi connectivity index (χ3n) is 3.16. The second-order valence-corrected chi connectivity index (χ2v) is 5.04. The number of hydrogen-bond acceptors (Lipinski definition) is 3. The molecule has 1 aliphatic rings. The van der Waals surface area contributed by atoms with Crippen molar-refractivity contribution in [1.29, 1.82) is 0 Å². The molecule has 2 rings (SSSR count). The zero-order chi connectivity index (χ0) is 10.7. The minimum Gasteiger partial charge on any atom is -0.306 e. The van der Waals surface area contributed by atoms with E-state index < -0.39 is 0 Å². The summed E-state index contributed by atoms with van der Waals surface area (Å²) in [6.45, 7) is 2.43. The maximum atomic E-state index is 4.44. The summed E-state index contributed by atoms with van der Waals surface area (Å²) in [6, 6.07) is 4.38. The van der Waals surface area contributed by atoms with E-state index in [1.54, 1.807) is 11.8 Å². The number of pyridine rings is 1. The molecule has 82 valence electrons. The van der Waals surface area contributed by atoms with E-state index in [1.807, 2.05) is 0 Å². The van der Waals surface area contributed by atoms with Crippen molar-refractivity contribution in [3.63, 3.8) is 0 Å². The van der Waals surface area contributed by atoms with Crippen LogP contribution < -0.4 is 0 Å². The second-order valence-electron chi connectivity index (χ2n) is 4.21. The average Bonchev–Trinajstić information content (AvgIpc) is 2.30. The maximum Gasteiger partial charge on any atom is 0.0957 e. The number of rotatable bonds is 2. The van der Waals surface area contributed by atoms with E-state index in [1.165, 1.54) is 31.5 Å². The first-order valence-corrected chi connectivity index (χ1v) is 6.70. The highest BCUT2D eigenvalue weighted by molar-refractivity contribution is 7.98. The Kier molecular flexibility index (Phi) is 3.65. The molecule has 0 saturated carbocycles. The van der Waals surface area contributed by atoms with E-state index in [0.717, 1.165) is 10.9 Å². The minimum atomic E-state index is 0.726. The highest BCUT2D eigenvalue weighted by Crippen LogP contribution is 2.27. The van der Waals surface area contributed by atoms with Gasteiger partial charge in [0.15, 0.2) is 0 Å². The number of aromatic nitrogens is 1. The maximum absolute atomic E-state index is 4.44. The largest absolute Gasteiger partial charge is 0.306 e. The van der Waals surface area contributed by atoms with Crippen molar-refractivity contribution in [3.05, 3.63) is 23.9 Å². The van der Waals surface area contributed by atoms with Gasteiger partial charge in [0.05, 0.1) is 5.03 Å². The number of nitrogens with zero attached hydrogens (tertiary/aromatic N) is 2. The Balaban J connectivity index is 2.03. The van der Waals surface area contributed by atoms with Crippen LogP contribution in [0.5, 0.6) is 0 Å². The number of thioether (sulfide) groups is 1. The third-order valence-corrected chi connectivity index (χ3v) is 3.82. The highest BCUT2D eigenvalue weighted by Gasteiger charge is 2.18. The average molecular weight is 222 g/mol. The second kappa shape index (κ2) is 4.99. The molecule has 2 nitrogen and oxygen atoms in total. The summed E-state index contributed by atoms with van der Waals surface area (Å²) < 4.78 is 0. The van der Waals surface area contributed by atoms with Gasteiger partial charge in [-0.1, -0.05) is 6.07 Å². The van der Waals surface area contributed by atoms with Gasteiger partial charge in [-0.2, -0.15) is 0 Å². The van der Waals surface area contributed by atoms with Crippen LogP contribution in [0.4, 0.5) is 0 Å². The lowest BCUT2D eigenvalue weighted by Gasteiger charge is -2.28. The Labute approximate surface area is 96.1 Å². The van der Waals surface area contributed by atoms with E-state index >= 15 is 0 Å². The molecule has 0 radical (unpaired) electrons. The van der Waals surface area contributed by atoms with Gasteiger partial charge in [0.25, 0.3) is 0 Å². The van der Waals surface area contributed by atoms with E-state index in [2.05, 4.69) is 41.5 Å². The Morgan fingerprint density at radius 1 is 1.33 bits per heavy atom. The molecule has 15 heavy (non-hydrogen) atoms. The minimum absolute atomic E-state index is 0.726. The van der Waals surface area contributed by atoms with Gasteiger partial charge in [-0.25, -0.2) is 4.98 Å². The molecule has 1 aromatic heterocycles. The molecule has 1 aromatic rings. The fraction of sp³-hybridized carbons (Fsp3) is 0.583. The monoisotopic (exact) mass is 222 g/mol. The van der Waals surface area contributed by atoms with Crippen molar-refractivity contribution in [1.82, 2.24) is 9.88 Å². The molecule has 2 heterocycles. The van der Waals surface area contributed by atoms with Gasteiger partial charge in [0, 0.05) is 6.20 Å². The van der Waals surface area contributed by atoms with Crippen molar-refractivity contribution in [2.45, 2.75) is 23.8 Å². The van der Waals surface area contributed by atoms with Crippen LogP contribution in [0.1, 0.15) is 24.3 Å². The molecule has 0 aromatic carbocycles. The van der Waals surface area contributed by atoms with Crippen LogP contribution in [0.15, 0.2) is 23.4 Å². The molecule has 1 saturated heterocycles. The smallest absolute Gasteiger partial charge is 0.0957 e. The summed E-state index contributed by atoms with van der Waals surface area (Å²) >= 11 is 1.71. The molecule has 1 fully saturated rings. The number of likely N-dealkylation sites (tertiary alicyclic amines) is 1. The normalized spacial score (nSPS) is 19.3. The van der Waals surface area contributed by atoms with Crippen LogP contribution >= 0.6 is 11.8 Å². The molecule has 0 bridgehead atoms. The summed E-state index contributed by atoms with van der Waals surface area (Å²) in [7, 11) is 2.20. The molecule has 0 N–H and O–H groups in total. The lowest BCUT2D eigenvalue weighted by Crippen LogP contribution is -2.29. The summed E-state index contributed by atoms with van der Waals surface area (Å²) in [6.07, 6.45) is 6.67. The fourth-order valence-electron chi connectivity index (χ4n) is 2.10. The van der Waals surface area contributed by atoms with Gasteiger partial charge in [-0.05, 0) is 56.8 Å². The van der Waals surface area contributed by atoms with Gasteiger partial charge in [0.1, 0.15) is 0 Å². The summed E-state index contributed by atoms with van der Waals surface area (Å²) in [5.74, 6) is 0.726. The predicted molar refractivity (Wildman–Crippen MR) is 65.5 cm³/mol. The SMILES string of the molecule is CSc1ccc(C2CCN(C)CC2)cn1. The van der Waals surface area contributed by atoms with Crippen molar-refractivity contribution in [2.75, 3.05) is 26.4 Å². The molecule has 0 amide bonds. The zero-order valence-corrected chi connectivity index (χ0v) is 10.3. The first-order chi connectivity index (χ1) is 7.29. The van der Waals surface area contributed by atoms with Gasteiger partial charge >= 0.3 is 0 Å². The Hall–Kier alpha value is -0.540. The van der Waals surface area contributed by atoms with Crippen LogP contribution in [-0.4, -0.2) is 36.3 Å². The molecule has 0 spiro atoms. The van der Waals surface area contributed by atoms with Crippen LogP contribution in [0.25, 0.3) is 0 Å². The standard InChI is InChI=1S/C12H18N2S/c1-14-7-5-10(6-8-14)11-3-4-12(15-2)13-9-11/h3-4,9-10H,5-8H2,1-2H3. The summed E-state index contributed by atoms with van der Waals surface area (Å²) in [4.78, 5) is 6.84. The first kappa shape index (κ1) is 11.0. The van der Waals surface area contributed by atoms with Gasteiger partial charge in [0.2, 0.25) is 0 Å². The van der Waals surface area contributed by atoms with Gasteiger partial charge < -0.3 is 4.90 Å². The summed E-state index contributed by atoms with van der Waals surface area (Å²) in [5, 5.41) is 1.12. The van der Waals surface area contributed by atoms with E-state index in [4.69, 9.17) is 0 Å². The first-order valence-electron chi connectivity index (χ1n) is 5.48. The molecule has 3 heteroatoms. The Morgan fingerprint density at radius 3 is 2.60 bits per heavy atom. The number of piperidine rings is 1. The van der Waals surface area contributed by atoms with Crippen molar-refractivity contribution in [2.24, 2.45) is 0 Å². The van der Waals surface area contributed by atoms with Crippen LogP contribution in [0.3, 0.4) is 0 Å². The predicted octanol–water partition coefficient (Wildman–Crippen LogP) is 2.61. The fourth-order valence-corrected chi connectivity index (χ4v) is 2.46. The molecular weight excluding hydrogens is 204 g/mol. The van der Waals surface area contributed by atoms with Crippen LogP contribution in [0.2, 0.25) is 0 Å². The third kappa shape index (κ3) is 2.73. The molecule has 0 unspecified atom stereocenters. The van der Waals surface area contributed by atoms with Crippen LogP contribution in [-0.2, 0) is 0 Å². The Bertz CT molecular complexity index is 302. The van der Waals surface area contributed by atoms with Crippen molar-refractivity contribution in [3.8, 4) is 0 Å². The lowest BCUT2D eigenvalue weighted by molar-refractivity contribution is 0.255. The van der Waals surface area contributed by atoms with Crippen molar-refractivity contribution >= 4 is 11.8 Å². The zero-order valence-electron chi connectivity index (χ0n) is 9.44. The molecule has 0 aliphatic carbocycles. The lowest BCUT2D eigenvalue weighted by atomic mass is 9.91. The molecular formula is C12H18N2S. The van der Waals surface area contributed by atoms with E-state index in [-0.39, 0.29) is 0 Å². The van der Waals surface area contributed by atoms with Gasteiger partial charge in [-0.15, -0.1) is 11.8 Å². The Morgan fingerprint density at radius 2 is 2.07 bits per heavy atom.